The number of halogens is 1. The molecule has 32 valence electrons. The Morgan fingerprint density at radius 1 is 1.67 bits per heavy atom. The smallest absolute Gasteiger partial charge is 0.0162 e. The molecule has 0 amide bonds. The van der Waals surface area contributed by atoms with Crippen molar-refractivity contribution in [2.75, 3.05) is 4.43 Å². The van der Waals surface area contributed by atoms with Gasteiger partial charge in [-0.2, -0.15) is 0 Å². The van der Waals surface area contributed by atoms with E-state index in [1.165, 1.54) is 4.43 Å². The molecule has 0 aliphatic carbocycles. The molecular weight excluding hydrogens is 187 g/mol. The lowest BCUT2D eigenvalue weighted by Crippen LogP contribution is -1.88. The Morgan fingerprint density at radius 3 is 2.67 bits per heavy atom. The van der Waals surface area contributed by atoms with Crippen molar-refractivity contribution in [3.05, 3.63) is 11.6 Å². The van der Waals surface area contributed by atoms with Crippen LogP contribution in [0.25, 0.3) is 0 Å². The average Bonchev–Trinajstić information content (AvgIpc) is 1.72. The van der Waals surface area contributed by atoms with Crippen molar-refractivity contribution in [1.82, 2.24) is 0 Å². The molecule has 3 aliphatic rings. The number of fused-ring (bicyclic) bond motifs is 1. The zero-order valence-corrected chi connectivity index (χ0v) is 5.47. The fraction of sp³-hybridized carbons (Fsp3) is 0.200. The van der Waals surface area contributed by atoms with Gasteiger partial charge in [0.15, 0.2) is 0 Å². The highest BCUT2D eigenvalue weighted by Crippen LogP contribution is 2.30. The fourth-order valence-corrected chi connectivity index (χ4v) is 4.43. The van der Waals surface area contributed by atoms with Gasteiger partial charge in [-0.25, -0.2) is 0 Å². The van der Waals surface area contributed by atoms with Crippen molar-refractivity contribution in [3.8, 4) is 0 Å². The first kappa shape index (κ1) is 3.24. The van der Waals surface area contributed by atoms with Crippen LogP contribution < -0.4 is 0 Å². The molecule has 0 radical (unpaired) electrons. The van der Waals surface area contributed by atoms with E-state index >= 15 is 0 Å². The molecule has 0 aromatic rings. The second-order valence-corrected chi connectivity index (χ2v) is 6.13. The van der Waals surface area contributed by atoms with Gasteiger partial charge in [0.05, 0.1) is 0 Å². The Bertz CT molecular complexity index is 184. The lowest BCUT2D eigenvalue weighted by atomic mass is 10.3. The van der Waals surface area contributed by atoms with E-state index in [0.717, 1.165) is 0 Å². The summed E-state index contributed by atoms with van der Waals surface area (Å²) < 4.78 is 6.37. The third-order valence-corrected chi connectivity index (χ3v) is 5.67. The predicted octanol–water partition coefficient (Wildman–Crippen LogP) is 1.05. The molecule has 3 rings (SSSR count). The molecule has 3 heterocycles. The summed E-state index contributed by atoms with van der Waals surface area (Å²) in [7, 11) is 0. The number of rotatable bonds is 0. The van der Waals surface area contributed by atoms with Crippen molar-refractivity contribution in [1.29, 1.82) is 0 Å². The molecule has 1 heteroatoms. The van der Waals surface area contributed by atoms with E-state index in [4.69, 9.17) is 0 Å². The van der Waals surface area contributed by atoms with Crippen molar-refractivity contribution in [2.24, 2.45) is 0 Å². The van der Waals surface area contributed by atoms with Gasteiger partial charge < -0.3 is 0 Å². The maximum absolute atomic E-state index is 2.46. The first-order chi connectivity index (χ1) is 2.95. The molecule has 6 heavy (non-hydrogen) atoms. The zero-order chi connectivity index (χ0) is 3.98. The van der Waals surface area contributed by atoms with E-state index in [1.54, 1.807) is 5.57 Å². The van der Waals surface area contributed by atoms with Crippen LogP contribution >= 0.6 is 18.9 Å². The number of allylic oxidation sites excluding steroid dienone is 2. The van der Waals surface area contributed by atoms with Crippen LogP contribution in [-0.4, -0.2) is 12.5 Å². The van der Waals surface area contributed by atoms with Crippen molar-refractivity contribution < 1.29 is 0 Å². The summed E-state index contributed by atoms with van der Waals surface area (Å²) in [5.41, 5.74) is 1.61. The Labute approximate surface area is 43.2 Å². The first-order valence-electron chi connectivity index (χ1n) is 1.97. The fourth-order valence-electron chi connectivity index (χ4n) is 0.660. The topological polar surface area (TPSA) is 0 Å². The van der Waals surface area contributed by atoms with Crippen LogP contribution in [0.4, 0.5) is 0 Å². The molecule has 3 aliphatic heterocycles. The molecule has 0 fully saturated rings. The van der Waals surface area contributed by atoms with Gasteiger partial charge in [0.2, 0.25) is 0 Å². The molecule has 0 atom stereocenters. The highest BCUT2D eigenvalue weighted by atomic mass is 127. The summed E-state index contributed by atoms with van der Waals surface area (Å²) in [6, 6.07) is 0. The first-order valence-corrected chi connectivity index (χ1v) is 5.98. The zero-order valence-electron chi connectivity index (χ0n) is 3.32. The summed E-state index contributed by atoms with van der Waals surface area (Å²) in [5, 5.41) is 0. The molecule has 2 bridgehead atoms. The molecule has 0 aromatic carbocycles. The van der Waals surface area contributed by atoms with Crippen LogP contribution in [0, 0.1) is 0 Å². The van der Waals surface area contributed by atoms with Crippen molar-refractivity contribution in [3.63, 3.8) is 0 Å². The molecule has 0 saturated carbocycles. The minimum absolute atomic E-state index is 0.389. The van der Waals surface area contributed by atoms with Crippen molar-refractivity contribution >= 4 is 26.9 Å². The van der Waals surface area contributed by atoms with Crippen LogP contribution in [0.5, 0.6) is 0 Å². The maximum atomic E-state index is 2.46. The average molecular weight is 192 g/mol. The molecular formula is C5H5I. The minimum atomic E-state index is -0.389. The molecule has 0 nitrogen and oxygen atoms in total. The van der Waals surface area contributed by atoms with Crippen LogP contribution in [0.3, 0.4) is 0 Å². The summed E-state index contributed by atoms with van der Waals surface area (Å²) in [6.07, 6.45) is 2.28. The second kappa shape index (κ2) is 0.886. The van der Waals surface area contributed by atoms with E-state index in [-0.39, 0.29) is 18.9 Å². The Morgan fingerprint density at radius 2 is 2.50 bits per heavy atom. The number of hydrogen-bond acceptors (Lipinski definition) is 0. The quantitative estimate of drug-likeness (QED) is 0.397. The summed E-state index contributed by atoms with van der Waals surface area (Å²) >= 11 is -0.389. The number of hydrogen-bond donors (Lipinski definition) is 0. The second-order valence-electron chi connectivity index (χ2n) is 1.54. The normalized spacial score (nSPS) is 27.0. The van der Waals surface area contributed by atoms with Crippen LogP contribution in [0.15, 0.2) is 11.6 Å². The lowest BCUT2D eigenvalue weighted by molar-refractivity contribution is 1.75. The molecule has 0 saturated heterocycles. The molecule has 0 unspecified atom stereocenters. The van der Waals surface area contributed by atoms with Gasteiger partial charge in [0.25, 0.3) is 0 Å². The van der Waals surface area contributed by atoms with E-state index in [9.17, 15) is 0 Å². The Kier molecular flexibility index (Phi) is 0.479. The van der Waals surface area contributed by atoms with Gasteiger partial charge in [-0.15, -0.1) is 18.9 Å². The van der Waals surface area contributed by atoms with Crippen LogP contribution in [-0.2, 0) is 0 Å². The van der Waals surface area contributed by atoms with Crippen molar-refractivity contribution in [2.45, 2.75) is 0 Å². The maximum Gasteiger partial charge on any atom is 0.0162 e. The van der Waals surface area contributed by atoms with Gasteiger partial charge in [-0.1, -0.05) is 6.08 Å². The Balaban J connectivity index is 2.93. The predicted molar refractivity (Wildman–Crippen MR) is 39.1 cm³/mol. The molecule has 0 aromatic heterocycles. The van der Waals surface area contributed by atoms with E-state index < -0.39 is 0 Å². The monoisotopic (exact) mass is 192 g/mol. The summed E-state index contributed by atoms with van der Waals surface area (Å²) in [6.45, 7) is 0. The van der Waals surface area contributed by atoms with Gasteiger partial charge >= 0.3 is 0 Å². The largest absolute Gasteiger partial charge is 0.145 e. The van der Waals surface area contributed by atoms with Gasteiger partial charge in [-0.05, 0) is 13.6 Å². The van der Waals surface area contributed by atoms with E-state index in [1.807, 2.05) is 0 Å². The van der Waals surface area contributed by atoms with Crippen LogP contribution in [0.1, 0.15) is 0 Å². The Hall–Kier alpha value is 0.210. The standard InChI is InChI=1S/C5H5I/c1-2-6-3-5(1)4-6/h1-3H,4H2. The molecule has 0 N–H and O–H groups in total. The van der Waals surface area contributed by atoms with Gasteiger partial charge in [0.1, 0.15) is 0 Å². The SMILES string of the molecule is C1=C2C=I(=C1)C2. The molecule has 0 spiro atoms. The van der Waals surface area contributed by atoms with Gasteiger partial charge in [0, 0.05) is 4.43 Å². The van der Waals surface area contributed by atoms with Crippen LogP contribution in [0.2, 0.25) is 0 Å². The lowest BCUT2D eigenvalue weighted by Gasteiger charge is -2.00. The third kappa shape index (κ3) is 0.249. The summed E-state index contributed by atoms with van der Waals surface area (Å²) in [5.74, 6) is 0. The van der Waals surface area contributed by atoms with Gasteiger partial charge in [-0.3, -0.25) is 0 Å². The third-order valence-electron chi connectivity index (χ3n) is 1.03. The number of alkyl halides is 1. The summed E-state index contributed by atoms with van der Waals surface area (Å²) in [4.78, 5) is 0. The van der Waals surface area contributed by atoms with E-state index in [0.29, 0.717) is 0 Å². The minimum Gasteiger partial charge on any atom is -0.145 e. The van der Waals surface area contributed by atoms with E-state index in [2.05, 4.69) is 14.1 Å². The highest BCUT2D eigenvalue weighted by Gasteiger charge is 2.06. The highest BCUT2D eigenvalue weighted by molar-refractivity contribution is 14.2.